The zero-order chi connectivity index (χ0) is 20.8. The largest absolute Gasteiger partial charge is 0.326 e. The molecule has 0 saturated heterocycles. The van der Waals surface area contributed by atoms with Crippen LogP contribution in [0.25, 0.3) is 0 Å². The number of rotatable bonds is 5. The number of nitrogens with zero attached hydrogens (tertiary/aromatic N) is 1. The van der Waals surface area contributed by atoms with Crippen LogP contribution in [-0.4, -0.2) is 26.8 Å². The minimum atomic E-state index is -3.88. The Bertz CT molecular complexity index is 1100. The maximum atomic E-state index is 13.0. The molecule has 1 saturated carbocycles. The van der Waals surface area contributed by atoms with Gasteiger partial charge >= 0.3 is 0 Å². The molecule has 2 amide bonds. The Labute approximate surface area is 177 Å². The molecule has 4 rings (SSSR count). The van der Waals surface area contributed by atoms with Crippen LogP contribution in [0.5, 0.6) is 0 Å². The van der Waals surface area contributed by atoms with E-state index in [-0.39, 0.29) is 22.6 Å². The average Bonchev–Trinajstić information content (AvgIpc) is 3.42. The molecule has 1 fully saturated rings. The summed E-state index contributed by atoms with van der Waals surface area (Å²) in [6, 6.07) is 9.74. The fraction of sp³-hybridized carbons (Fsp3) is 0.300. The van der Waals surface area contributed by atoms with Crippen molar-refractivity contribution in [3.8, 4) is 0 Å². The number of benzene rings is 2. The number of carbonyl (C=O) groups is 2. The number of amides is 2. The molecule has 2 aliphatic rings. The van der Waals surface area contributed by atoms with Gasteiger partial charge in [-0.05, 0) is 77.2 Å². The molecule has 9 heteroatoms. The van der Waals surface area contributed by atoms with Gasteiger partial charge in [-0.25, -0.2) is 8.42 Å². The van der Waals surface area contributed by atoms with Crippen LogP contribution in [0.3, 0.4) is 0 Å². The van der Waals surface area contributed by atoms with Crippen molar-refractivity contribution in [1.29, 1.82) is 0 Å². The highest BCUT2D eigenvalue weighted by Gasteiger charge is 2.37. The van der Waals surface area contributed by atoms with Crippen LogP contribution in [0.2, 0.25) is 0 Å². The van der Waals surface area contributed by atoms with E-state index in [1.54, 1.807) is 41.3 Å². The van der Waals surface area contributed by atoms with Gasteiger partial charge in [-0.15, -0.1) is 0 Å². The van der Waals surface area contributed by atoms with E-state index in [9.17, 15) is 18.0 Å². The molecule has 2 aromatic carbocycles. The van der Waals surface area contributed by atoms with Gasteiger partial charge in [-0.1, -0.05) is 0 Å². The molecule has 1 heterocycles. The first-order chi connectivity index (χ1) is 13.7. The van der Waals surface area contributed by atoms with Crippen LogP contribution >= 0.6 is 15.9 Å². The summed E-state index contributed by atoms with van der Waals surface area (Å²) in [5, 5.41) is 2.63. The quantitative estimate of drug-likeness (QED) is 0.688. The van der Waals surface area contributed by atoms with Gasteiger partial charge in [0.05, 0.1) is 0 Å². The second-order valence-corrected chi connectivity index (χ2v) is 9.79. The average molecular weight is 478 g/mol. The van der Waals surface area contributed by atoms with E-state index >= 15 is 0 Å². The number of nitrogens with one attached hydrogen (secondary N) is 2. The molecule has 0 unspecified atom stereocenters. The van der Waals surface area contributed by atoms with Gasteiger partial charge in [0.1, 0.15) is 4.90 Å². The summed E-state index contributed by atoms with van der Waals surface area (Å²) < 4.78 is 29.0. The number of sulfonamides is 1. The van der Waals surface area contributed by atoms with Crippen LogP contribution in [-0.2, 0) is 26.0 Å². The Morgan fingerprint density at radius 2 is 1.76 bits per heavy atom. The standard InChI is InChI=1S/C20H20BrN3O4S/c1-12(25)22-15-4-6-16(7-5-15)23-29(27,28)19-11-18-14(10-17(19)21)8-9-24(18)20(26)13-2-3-13/h4-7,10-11,13,23H,2-3,8-9H2,1H3,(H,22,25). The fourth-order valence-corrected chi connectivity index (χ4v) is 5.58. The Kier molecular flexibility index (Phi) is 5.12. The van der Waals surface area contributed by atoms with Crippen LogP contribution in [0.4, 0.5) is 17.1 Å². The predicted octanol–water partition coefficient (Wildman–Crippen LogP) is 3.51. The normalized spacial score (nSPS) is 15.7. The first-order valence-electron chi connectivity index (χ1n) is 9.29. The van der Waals surface area contributed by atoms with Gasteiger partial charge < -0.3 is 10.2 Å². The lowest BCUT2D eigenvalue weighted by molar-refractivity contribution is -0.119. The molecule has 0 radical (unpaired) electrons. The molecule has 1 aliphatic carbocycles. The van der Waals surface area contributed by atoms with E-state index in [2.05, 4.69) is 26.0 Å². The fourth-order valence-electron chi connectivity index (χ4n) is 3.41. The van der Waals surface area contributed by atoms with Crippen LogP contribution in [0.15, 0.2) is 45.8 Å². The van der Waals surface area contributed by atoms with Gasteiger partial charge in [0.2, 0.25) is 11.8 Å². The molecule has 0 bridgehead atoms. The van der Waals surface area contributed by atoms with Crippen molar-refractivity contribution in [1.82, 2.24) is 0 Å². The van der Waals surface area contributed by atoms with Crippen LogP contribution in [0.1, 0.15) is 25.3 Å². The number of hydrogen-bond donors (Lipinski definition) is 2. The summed E-state index contributed by atoms with van der Waals surface area (Å²) in [7, 11) is -3.88. The van der Waals surface area contributed by atoms with E-state index in [0.29, 0.717) is 34.5 Å². The number of fused-ring (bicyclic) bond motifs is 1. The van der Waals surface area contributed by atoms with Gasteiger partial charge in [0, 0.05) is 40.9 Å². The molecule has 0 atom stereocenters. The summed E-state index contributed by atoms with van der Waals surface area (Å²) in [6.45, 7) is 1.98. The molecular formula is C20H20BrN3O4S. The third-order valence-corrected chi connectivity index (χ3v) is 7.31. The first kappa shape index (κ1) is 19.9. The third-order valence-electron chi connectivity index (χ3n) is 4.97. The van der Waals surface area contributed by atoms with E-state index in [1.807, 2.05) is 0 Å². The summed E-state index contributed by atoms with van der Waals surface area (Å²) in [5.41, 5.74) is 2.58. The summed E-state index contributed by atoms with van der Waals surface area (Å²) >= 11 is 3.37. The second-order valence-electron chi connectivity index (χ2n) is 7.29. The number of halogens is 1. The number of hydrogen-bond acceptors (Lipinski definition) is 4. The smallest absolute Gasteiger partial charge is 0.263 e. The van der Waals surface area contributed by atoms with Crippen molar-refractivity contribution in [3.05, 3.63) is 46.4 Å². The molecule has 2 aromatic rings. The topological polar surface area (TPSA) is 95.6 Å². The van der Waals surface area contributed by atoms with Gasteiger partial charge in [-0.3, -0.25) is 14.3 Å². The number of carbonyl (C=O) groups excluding carboxylic acids is 2. The van der Waals surface area contributed by atoms with Crippen molar-refractivity contribution in [3.63, 3.8) is 0 Å². The lowest BCUT2D eigenvalue weighted by Gasteiger charge is -2.19. The molecule has 29 heavy (non-hydrogen) atoms. The third kappa shape index (κ3) is 4.16. The minimum Gasteiger partial charge on any atom is -0.326 e. The maximum Gasteiger partial charge on any atom is 0.263 e. The van der Waals surface area contributed by atoms with E-state index < -0.39 is 10.0 Å². The summed E-state index contributed by atoms with van der Waals surface area (Å²) in [6.07, 6.45) is 2.52. The van der Waals surface area contributed by atoms with Crippen molar-refractivity contribution in [2.75, 3.05) is 21.5 Å². The van der Waals surface area contributed by atoms with Crippen molar-refractivity contribution in [2.45, 2.75) is 31.1 Å². The lowest BCUT2D eigenvalue weighted by atomic mass is 10.2. The lowest BCUT2D eigenvalue weighted by Crippen LogP contribution is -2.30. The van der Waals surface area contributed by atoms with E-state index in [0.717, 1.165) is 18.4 Å². The van der Waals surface area contributed by atoms with Gasteiger partial charge in [0.25, 0.3) is 10.0 Å². The minimum absolute atomic E-state index is 0.0740. The molecular weight excluding hydrogens is 458 g/mol. The highest BCUT2D eigenvalue weighted by atomic mass is 79.9. The summed E-state index contributed by atoms with van der Waals surface area (Å²) in [5.74, 6) is -0.0495. The van der Waals surface area contributed by atoms with Crippen molar-refractivity contribution in [2.24, 2.45) is 5.92 Å². The Morgan fingerprint density at radius 3 is 2.38 bits per heavy atom. The molecule has 152 valence electrons. The van der Waals surface area contributed by atoms with Crippen molar-refractivity contribution < 1.29 is 18.0 Å². The molecule has 0 aromatic heterocycles. The Hall–Kier alpha value is -2.39. The van der Waals surface area contributed by atoms with Crippen LogP contribution < -0.4 is 14.9 Å². The first-order valence-corrected chi connectivity index (χ1v) is 11.6. The molecule has 7 nitrogen and oxygen atoms in total. The Balaban J connectivity index is 1.60. The van der Waals surface area contributed by atoms with Crippen LogP contribution in [0, 0.1) is 5.92 Å². The SMILES string of the molecule is CC(=O)Nc1ccc(NS(=O)(=O)c2cc3c(cc2Br)CCN3C(=O)C2CC2)cc1. The predicted molar refractivity (Wildman–Crippen MR) is 114 cm³/mol. The highest BCUT2D eigenvalue weighted by Crippen LogP contribution is 2.39. The van der Waals surface area contributed by atoms with Gasteiger partial charge in [-0.2, -0.15) is 0 Å². The molecule has 2 N–H and O–H groups in total. The zero-order valence-electron chi connectivity index (χ0n) is 15.7. The zero-order valence-corrected chi connectivity index (χ0v) is 18.1. The van der Waals surface area contributed by atoms with E-state index in [4.69, 9.17) is 0 Å². The maximum absolute atomic E-state index is 13.0. The monoisotopic (exact) mass is 477 g/mol. The summed E-state index contributed by atoms with van der Waals surface area (Å²) in [4.78, 5) is 25.4. The molecule has 0 spiro atoms. The molecule has 1 aliphatic heterocycles. The van der Waals surface area contributed by atoms with E-state index in [1.165, 1.54) is 6.92 Å². The van der Waals surface area contributed by atoms with Gasteiger partial charge in [0.15, 0.2) is 0 Å². The second kappa shape index (κ2) is 7.46. The Morgan fingerprint density at radius 1 is 1.10 bits per heavy atom. The van der Waals surface area contributed by atoms with Crippen molar-refractivity contribution >= 4 is 54.8 Å². The number of anilines is 3. The highest BCUT2D eigenvalue weighted by molar-refractivity contribution is 9.10.